The van der Waals surface area contributed by atoms with Gasteiger partial charge in [-0.1, -0.05) is 35.9 Å². The molecule has 0 saturated carbocycles. The number of nitrogens with one attached hydrogen (secondary N) is 2. The molecule has 0 saturated heterocycles. The van der Waals surface area contributed by atoms with E-state index in [4.69, 9.17) is 11.6 Å². The normalized spacial score (nSPS) is 11.0. The van der Waals surface area contributed by atoms with Gasteiger partial charge in [0.15, 0.2) is 0 Å². The summed E-state index contributed by atoms with van der Waals surface area (Å²) in [6, 6.07) is 20.0. The number of amides is 1. The molecule has 3 aromatic rings. The number of anilines is 1. The summed E-state index contributed by atoms with van der Waals surface area (Å²) >= 11 is 5.87. The van der Waals surface area contributed by atoms with Gasteiger partial charge in [0.1, 0.15) is 0 Å². The number of hydrogen-bond acceptors (Lipinski definition) is 3. The Hall–Kier alpha value is -3.18. The van der Waals surface area contributed by atoms with Crippen molar-refractivity contribution in [3.63, 3.8) is 0 Å². The molecule has 0 radical (unpaired) electrons. The molecule has 6 heteroatoms. The van der Waals surface area contributed by atoms with Crippen molar-refractivity contribution in [1.29, 1.82) is 0 Å². The summed E-state index contributed by atoms with van der Waals surface area (Å²) in [6.45, 7) is 0.393. The number of para-hydroxylation sites is 1. The Morgan fingerprint density at radius 2 is 1.77 bits per heavy atom. The third-order valence-corrected chi connectivity index (χ3v) is 3.77. The summed E-state index contributed by atoms with van der Waals surface area (Å²) in [5.41, 5.74) is 2.27. The molecule has 0 aliphatic heterocycles. The summed E-state index contributed by atoms with van der Waals surface area (Å²) in [4.78, 5) is 21.0. The average Bonchev–Trinajstić information content (AvgIpc) is 2.68. The fourth-order valence-corrected chi connectivity index (χ4v) is 2.34. The van der Waals surface area contributed by atoms with Crippen LogP contribution in [0.4, 0.5) is 5.69 Å². The molecule has 26 heavy (non-hydrogen) atoms. The molecule has 1 heterocycles. The van der Waals surface area contributed by atoms with Crippen LogP contribution in [0, 0.1) is 0 Å². The molecule has 0 atom stereocenters. The lowest BCUT2D eigenvalue weighted by Gasteiger charge is -2.12. The third kappa shape index (κ3) is 5.16. The van der Waals surface area contributed by atoms with E-state index in [1.54, 1.807) is 36.7 Å². The Bertz CT molecular complexity index is 881. The van der Waals surface area contributed by atoms with Gasteiger partial charge < -0.3 is 5.32 Å². The molecule has 1 aromatic heterocycles. The standard InChI is InChI=1S/C20H17ClN4O/c21-17-10-8-16(9-11-17)19(26)25-20(24-18-6-2-1-3-7-18)23-14-15-5-4-12-22-13-15/h1-13H,14H2,(H2,23,24,25,26). The molecule has 0 spiro atoms. The van der Waals surface area contributed by atoms with Gasteiger partial charge in [-0.15, -0.1) is 0 Å². The van der Waals surface area contributed by atoms with Crippen LogP contribution < -0.4 is 10.6 Å². The van der Waals surface area contributed by atoms with E-state index >= 15 is 0 Å². The first-order valence-electron chi connectivity index (χ1n) is 8.03. The van der Waals surface area contributed by atoms with Crippen LogP contribution >= 0.6 is 11.6 Å². The predicted octanol–water partition coefficient (Wildman–Crippen LogP) is 4.13. The van der Waals surface area contributed by atoms with Crippen molar-refractivity contribution in [2.24, 2.45) is 4.99 Å². The highest BCUT2D eigenvalue weighted by Gasteiger charge is 2.09. The minimum Gasteiger partial charge on any atom is -0.326 e. The first-order chi connectivity index (χ1) is 12.7. The smallest absolute Gasteiger partial charge is 0.257 e. The number of carbonyl (C=O) groups is 1. The van der Waals surface area contributed by atoms with E-state index in [1.165, 1.54) is 0 Å². The topological polar surface area (TPSA) is 66.4 Å². The number of guanidine groups is 1. The molecular weight excluding hydrogens is 348 g/mol. The van der Waals surface area contributed by atoms with Crippen LogP contribution in [0.15, 0.2) is 84.1 Å². The van der Waals surface area contributed by atoms with Crippen LogP contribution in [0.25, 0.3) is 0 Å². The molecule has 5 nitrogen and oxygen atoms in total. The second-order valence-electron chi connectivity index (χ2n) is 5.48. The van der Waals surface area contributed by atoms with Gasteiger partial charge in [0.25, 0.3) is 5.91 Å². The monoisotopic (exact) mass is 364 g/mol. The summed E-state index contributed by atoms with van der Waals surface area (Å²) < 4.78 is 0. The minimum absolute atomic E-state index is 0.268. The predicted molar refractivity (Wildman–Crippen MR) is 104 cm³/mol. The zero-order chi connectivity index (χ0) is 18.2. The molecule has 0 bridgehead atoms. The zero-order valence-corrected chi connectivity index (χ0v) is 14.6. The van der Waals surface area contributed by atoms with E-state index in [2.05, 4.69) is 20.6 Å². The Morgan fingerprint density at radius 3 is 2.46 bits per heavy atom. The van der Waals surface area contributed by atoms with Crippen molar-refractivity contribution >= 4 is 29.2 Å². The number of carbonyl (C=O) groups excluding carboxylic acids is 1. The van der Waals surface area contributed by atoms with Gasteiger partial charge in [0.05, 0.1) is 6.54 Å². The summed E-state index contributed by atoms with van der Waals surface area (Å²) in [7, 11) is 0. The molecule has 0 fully saturated rings. The van der Waals surface area contributed by atoms with Crippen LogP contribution in [0.3, 0.4) is 0 Å². The highest BCUT2D eigenvalue weighted by Crippen LogP contribution is 2.10. The maximum Gasteiger partial charge on any atom is 0.257 e. The minimum atomic E-state index is -0.268. The molecule has 0 aliphatic rings. The molecule has 0 unspecified atom stereocenters. The van der Waals surface area contributed by atoms with Crippen LogP contribution in [-0.4, -0.2) is 16.9 Å². The lowest BCUT2D eigenvalue weighted by atomic mass is 10.2. The Labute approximate surface area is 156 Å². The van der Waals surface area contributed by atoms with E-state index in [9.17, 15) is 4.79 Å². The average molecular weight is 365 g/mol. The van der Waals surface area contributed by atoms with Crippen LogP contribution in [-0.2, 0) is 6.54 Å². The van der Waals surface area contributed by atoms with E-state index in [1.807, 2.05) is 42.5 Å². The van der Waals surface area contributed by atoms with Gasteiger partial charge in [0, 0.05) is 28.7 Å². The maximum atomic E-state index is 12.5. The first kappa shape index (κ1) is 17.6. The Kier molecular flexibility index (Phi) is 5.96. The third-order valence-electron chi connectivity index (χ3n) is 3.52. The highest BCUT2D eigenvalue weighted by molar-refractivity contribution is 6.30. The number of halogens is 1. The molecule has 130 valence electrons. The molecule has 2 aromatic carbocycles. The van der Waals surface area contributed by atoms with Crippen LogP contribution in [0.1, 0.15) is 15.9 Å². The Balaban J connectivity index is 1.77. The lowest BCUT2D eigenvalue weighted by Crippen LogP contribution is -2.36. The van der Waals surface area contributed by atoms with Crippen molar-refractivity contribution in [3.05, 3.63) is 95.3 Å². The first-order valence-corrected chi connectivity index (χ1v) is 8.41. The number of aliphatic imine (C=N–C) groups is 1. The fourth-order valence-electron chi connectivity index (χ4n) is 2.21. The van der Waals surface area contributed by atoms with E-state index in [-0.39, 0.29) is 5.91 Å². The SMILES string of the molecule is O=C(NC(=NCc1cccnc1)Nc1ccccc1)c1ccc(Cl)cc1. The largest absolute Gasteiger partial charge is 0.326 e. The van der Waals surface area contributed by atoms with Crippen molar-refractivity contribution in [2.45, 2.75) is 6.54 Å². The van der Waals surface area contributed by atoms with Gasteiger partial charge in [-0.2, -0.15) is 0 Å². The molecule has 1 amide bonds. The maximum absolute atomic E-state index is 12.5. The van der Waals surface area contributed by atoms with E-state index < -0.39 is 0 Å². The van der Waals surface area contributed by atoms with Crippen molar-refractivity contribution in [1.82, 2.24) is 10.3 Å². The fraction of sp³-hybridized carbons (Fsp3) is 0.0500. The number of aromatic nitrogens is 1. The van der Waals surface area contributed by atoms with E-state index in [0.717, 1.165) is 11.3 Å². The van der Waals surface area contributed by atoms with Crippen molar-refractivity contribution in [2.75, 3.05) is 5.32 Å². The summed E-state index contributed by atoms with van der Waals surface area (Å²) in [5.74, 6) is 0.0926. The molecule has 3 rings (SSSR count). The molecule has 0 aliphatic carbocycles. The highest BCUT2D eigenvalue weighted by atomic mass is 35.5. The molecule has 2 N–H and O–H groups in total. The van der Waals surface area contributed by atoms with Crippen LogP contribution in [0.2, 0.25) is 5.02 Å². The number of hydrogen-bond donors (Lipinski definition) is 2. The summed E-state index contributed by atoms with van der Waals surface area (Å²) in [5, 5.41) is 6.52. The van der Waals surface area contributed by atoms with Gasteiger partial charge in [-0.05, 0) is 48.0 Å². The number of benzene rings is 2. The zero-order valence-electron chi connectivity index (χ0n) is 13.9. The quantitative estimate of drug-likeness (QED) is 0.540. The van der Waals surface area contributed by atoms with Crippen molar-refractivity contribution in [3.8, 4) is 0 Å². The second-order valence-corrected chi connectivity index (χ2v) is 5.91. The van der Waals surface area contributed by atoms with E-state index in [0.29, 0.717) is 23.1 Å². The lowest BCUT2D eigenvalue weighted by molar-refractivity contribution is 0.0977. The van der Waals surface area contributed by atoms with Gasteiger partial charge in [0.2, 0.25) is 5.96 Å². The second kappa shape index (κ2) is 8.78. The van der Waals surface area contributed by atoms with Gasteiger partial charge >= 0.3 is 0 Å². The van der Waals surface area contributed by atoms with Gasteiger partial charge in [-0.3, -0.25) is 15.1 Å². The summed E-state index contributed by atoms with van der Waals surface area (Å²) in [6.07, 6.45) is 3.45. The molecular formula is C20H17ClN4O. The van der Waals surface area contributed by atoms with Gasteiger partial charge in [-0.25, -0.2) is 4.99 Å². The van der Waals surface area contributed by atoms with Crippen molar-refractivity contribution < 1.29 is 4.79 Å². The van der Waals surface area contributed by atoms with Crippen LogP contribution in [0.5, 0.6) is 0 Å². The Morgan fingerprint density at radius 1 is 1.00 bits per heavy atom. The number of rotatable bonds is 4. The number of pyridine rings is 1. The number of nitrogens with zero attached hydrogens (tertiary/aromatic N) is 2.